The Morgan fingerprint density at radius 3 is 2.79 bits per heavy atom. The number of nitrogens with two attached hydrogens (primary N) is 3. The summed E-state index contributed by atoms with van der Waals surface area (Å²) in [5, 5.41) is 11.9. The van der Waals surface area contributed by atoms with E-state index >= 15 is 0 Å². The molecule has 2 rings (SSSR count). The van der Waals surface area contributed by atoms with Crippen LogP contribution in [0.2, 0.25) is 0 Å². The molecule has 2 amide bonds. The molecular weight excluding hydrogens is 380 g/mol. The van der Waals surface area contributed by atoms with Gasteiger partial charge in [0.2, 0.25) is 11.8 Å². The van der Waals surface area contributed by atoms with Crippen LogP contribution in [0.1, 0.15) is 31.4 Å². The fraction of sp³-hybridized carbons (Fsp3) is 0.588. The zero-order valence-corrected chi connectivity index (χ0v) is 16.1. The van der Waals surface area contributed by atoms with Crippen LogP contribution in [0.4, 0.5) is 0 Å². The number of aromatic nitrogens is 2. The molecule has 0 spiro atoms. The molecule has 1 aliphatic rings. The standard InChI is InChI=1S/C17H28N8O4/c18-11(7-10-8-21-9-23-10)15(27)25-6-2-4-13(25)14(26)24-12(16(28)29)3-1-5-22-17(19)20/h8-9,11-13H,1-7,18H2,(H,21,23)(H,24,26)(H,28,29)(H4,19,20,22). The molecule has 1 saturated heterocycles. The van der Waals surface area contributed by atoms with Gasteiger partial charge in [-0.15, -0.1) is 0 Å². The topological polar surface area (TPSA) is 206 Å². The Hall–Kier alpha value is -3.15. The molecule has 1 aromatic heterocycles. The Morgan fingerprint density at radius 2 is 2.17 bits per heavy atom. The van der Waals surface area contributed by atoms with Gasteiger partial charge in [0, 0.05) is 31.4 Å². The zero-order valence-electron chi connectivity index (χ0n) is 16.1. The number of carboxylic acid groups (broad SMARTS) is 1. The van der Waals surface area contributed by atoms with Crippen molar-refractivity contribution in [2.24, 2.45) is 22.2 Å². The summed E-state index contributed by atoms with van der Waals surface area (Å²) < 4.78 is 0. The lowest BCUT2D eigenvalue weighted by Crippen LogP contribution is -2.54. The first-order chi connectivity index (χ1) is 13.8. The summed E-state index contributed by atoms with van der Waals surface area (Å²) in [6, 6.07) is -2.65. The molecular formula is C17H28N8O4. The number of rotatable bonds is 10. The minimum atomic E-state index is -1.16. The van der Waals surface area contributed by atoms with Gasteiger partial charge in [0.25, 0.3) is 0 Å². The van der Waals surface area contributed by atoms with Gasteiger partial charge in [0.1, 0.15) is 12.1 Å². The molecule has 2 heterocycles. The number of carboxylic acids is 1. The summed E-state index contributed by atoms with van der Waals surface area (Å²) in [5.74, 6) is -2.09. The van der Waals surface area contributed by atoms with Crippen LogP contribution < -0.4 is 22.5 Å². The average Bonchev–Trinajstić information content (AvgIpc) is 3.34. The summed E-state index contributed by atoms with van der Waals surface area (Å²) in [6.07, 6.45) is 5.00. The first kappa shape index (κ1) is 22.1. The predicted molar refractivity (Wildman–Crippen MR) is 104 cm³/mol. The minimum Gasteiger partial charge on any atom is -0.480 e. The first-order valence-corrected chi connectivity index (χ1v) is 9.41. The molecule has 160 valence electrons. The van der Waals surface area contributed by atoms with Crippen LogP contribution in [-0.2, 0) is 20.8 Å². The van der Waals surface area contributed by atoms with Gasteiger partial charge in [-0.05, 0) is 25.7 Å². The van der Waals surface area contributed by atoms with E-state index in [0.29, 0.717) is 25.8 Å². The monoisotopic (exact) mass is 408 g/mol. The number of likely N-dealkylation sites (tertiary alicyclic amines) is 1. The third-order valence-electron chi connectivity index (χ3n) is 4.71. The second-order valence-electron chi connectivity index (χ2n) is 6.93. The van der Waals surface area contributed by atoms with Crippen LogP contribution in [0.5, 0.6) is 0 Å². The number of aliphatic carboxylic acids is 1. The third kappa shape index (κ3) is 6.45. The van der Waals surface area contributed by atoms with Gasteiger partial charge in [0.15, 0.2) is 5.96 Å². The van der Waals surface area contributed by atoms with Gasteiger partial charge >= 0.3 is 5.97 Å². The van der Waals surface area contributed by atoms with Crippen molar-refractivity contribution in [1.82, 2.24) is 20.2 Å². The molecule has 29 heavy (non-hydrogen) atoms. The smallest absolute Gasteiger partial charge is 0.326 e. The molecule has 0 saturated carbocycles. The van der Waals surface area contributed by atoms with E-state index < -0.39 is 30.0 Å². The van der Waals surface area contributed by atoms with Crippen LogP contribution in [0.25, 0.3) is 0 Å². The van der Waals surface area contributed by atoms with E-state index in [4.69, 9.17) is 17.2 Å². The van der Waals surface area contributed by atoms with Gasteiger partial charge in [-0.1, -0.05) is 0 Å². The lowest BCUT2D eigenvalue weighted by Gasteiger charge is -2.27. The number of aromatic amines is 1. The van der Waals surface area contributed by atoms with Crippen molar-refractivity contribution < 1.29 is 19.5 Å². The summed E-state index contributed by atoms with van der Waals surface area (Å²) in [5.41, 5.74) is 17.2. The van der Waals surface area contributed by atoms with Crippen LogP contribution in [0, 0.1) is 0 Å². The van der Waals surface area contributed by atoms with Gasteiger partial charge in [-0.2, -0.15) is 0 Å². The number of carbonyl (C=O) groups excluding carboxylic acids is 2. The normalized spacial score (nSPS) is 18.1. The van der Waals surface area contributed by atoms with Gasteiger partial charge < -0.3 is 37.5 Å². The SMILES string of the molecule is NC(N)=NCCCC(NC(=O)C1CCCN1C(=O)C(N)Cc1cnc[nH]1)C(=O)O. The molecule has 12 nitrogen and oxygen atoms in total. The maximum absolute atomic E-state index is 12.7. The molecule has 1 fully saturated rings. The molecule has 0 aromatic carbocycles. The number of hydrogen-bond donors (Lipinski definition) is 6. The second kappa shape index (κ2) is 10.4. The fourth-order valence-electron chi connectivity index (χ4n) is 3.27. The van der Waals surface area contributed by atoms with Crippen molar-refractivity contribution >= 4 is 23.7 Å². The molecule has 0 radical (unpaired) electrons. The van der Waals surface area contributed by atoms with Gasteiger partial charge in [-0.25, -0.2) is 9.78 Å². The number of guanidine groups is 1. The van der Waals surface area contributed by atoms with Crippen LogP contribution >= 0.6 is 0 Å². The predicted octanol–water partition coefficient (Wildman–Crippen LogP) is -2.11. The summed E-state index contributed by atoms with van der Waals surface area (Å²) in [4.78, 5) is 48.8. The Balaban J connectivity index is 1.93. The van der Waals surface area contributed by atoms with Crippen molar-refractivity contribution in [1.29, 1.82) is 0 Å². The zero-order chi connectivity index (χ0) is 21.4. The maximum atomic E-state index is 12.7. The number of hydrogen-bond acceptors (Lipinski definition) is 6. The van der Waals surface area contributed by atoms with E-state index in [-0.39, 0.29) is 31.3 Å². The van der Waals surface area contributed by atoms with Crippen molar-refractivity contribution in [2.75, 3.05) is 13.1 Å². The quantitative estimate of drug-likeness (QED) is 0.143. The Labute approximate surface area is 167 Å². The highest BCUT2D eigenvalue weighted by Gasteiger charge is 2.37. The molecule has 0 bridgehead atoms. The molecule has 3 unspecified atom stereocenters. The summed E-state index contributed by atoms with van der Waals surface area (Å²) in [7, 11) is 0. The Morgan fingerprint density at radius 1 is 1.41 bits per heavy atom. The average molecular weight is 408 g/mol. The van der Waals surface area contributed by atoms with Gasteiger partial charge in [0.05, 0.1) is 12.4 Å². The number of nitrogens with one attached hydrogen (secondary N) is 2. The van der Waals surface area contributed by atoms with Crippen molar-refractivity contribution in [2.45, 2.75) is 50.2 Å². The largest absolute Gasteiger partial charge is 0.480 e. The van der Waals surface area contributed by atoms with E-state index in [2.05, 4.69) is 20.3 Å². The molecule has 3 atom stereocenters. The number of amides is 2. The molecule has 9 N–H and O–H groups in total. The van der Waals surface area contributed by atoms with E-state index in [1.807, 2.05) is 0 Å². The van der Waals surface area contributed by atoms with Crippen LogP contribution in [-0.4, -0.2) is 74.9 Å². The van der Waals surface area contributed by atoms with E-state index in [1.165, 1.54) is 11.2 Å². The molecule has 1 aliphatic heterocycles. The van der Waals surface area contributed by atoms with E-state index in [1.54, 1.807) is 6.20 Å². The number of aliphatic imine (C=N–C) groups is 1. The number of imidazole rings is 1. The molecule has 0 aliphatic carbocycles. The van der Waals surface area contributed by atoms with Crippen LogP contribution in [0.15, 0.2) is 17.5 Å². The third-order valence-corrected chi connectivity index (χ3v) is 4.71. The molecule has 12 heteroatoms. The maximum Gasteiger partial charge on any atom is 0.326 e. The number of H-pyrrole nitrogens is 1. The summed E-state index contributed by atoms with van der Waals surface area (Å²) >= 11 is 0. The first-order valence-electron chi connectivity index (χ1n) is 9.41. The van der Waals surface area contributed by atoms with Crippen LogP contribution in [0.3, 0.4) is 0 Å². The molecule has 1 aromatic rings. The minimum absolute atomic E-state index is 0.0764. The highest BCUT2D eigenvalue weighted by atomic mass is 16.4. The second-order valence-corrected chi connectivity index (χ2v) is 6.93. The fourth-order valence-corrected chi connectivity index (χ4v) is 3.27. The van der Waals surface area contributed by atoms with E-state index in [0.717, 1.165) is 5.69 Å². The lowest BCUT2D eigenvalue weighted by atomic mass is 10.1. The number of carbonyl (C=O) groups is 3. The van der Waals surface area contributed by atoms with Crippen molar-refractivity contribution in [3.8, 4) is 0 Å². The Bertz CT molecular complexity index is 732. The number of nitrogens with zero attached hydrogens (tertiary/aromatic N) is 3. The lowest BCUT2D eigenvalue weighted by molar-refractivity contribution is -0.144. The highest BCUT2D eigenvalue weighted by Crippen LogP contribution is 2.19. The van der Waals surface area contributed by atoms with E-state index in [9.17, 15) is 19.5 Å². The Kier molecular flexibility index (Phi) is 7.95. The summed E-state index contributed by atoms with van der Waals surface area (Å²) in [6.45, 7) is 0.661. The van der Waals surface area contributed by atoms with Crippen molar-refractivity contribution in [3.63, 3.8) is 0 Å². The highest BCUT2D eigenvalue weighted by molar-refractivity contribution is 5.92. The van der Waals surface area contributed by atoms with Gasteiger partial charge in [-0.3, -0.25) is 14.6 Å². The van der Waals surface area contributed by atoms with Crippen molar-refractivity contribution in [3.05, 3.63) is 18.2 Å².